The highest BCUT2D eigenvalue weighted by Crippen LogP contribution is 2.09. The lowest BCUT2D eigenvalue weighted by atomic mass is 10.0. The van der Waals surface area contributed by atoms with Crippen LogP contribution in [0.1, 0.15) is 39.0 Å². The minimum absolute atomic E-state index is 0.216. The maximum absolute atomic E-state index is 11.0. The van der Waals surface area contributed by atoms with Gasteiger partial charge in [-0.3, -0.25) is 9.59 Å². The molecule has 1 radical (unpaired) electrons. The second-order valence-electron chi connectivity index (χ2n) is 3.13. The third-order valence-electron chi connectivity index (χ3n) is 2.05. The van der Waals surface area contributed by atoms with Gasteiger partial charge in [0, 0.05) is 7.05 Å². The minimum Gasteiger partial charge on any atom is -0.359 e. The molecule has 1 N–H and O–H groups in total. The van der Waals surface area contributed by atoms with Crippen molar-refractivity contribution in [2.75, 3.05) is 7.05 Å². The molecule has 0 aromatic rings. The molecule has 0 rings (SSSR count). The number of rotatable bonds is 7. The largest absolute Gasteiger partial charge is 0.359 e. The lowest BCUT2D eigenvalue weighted by Gasteiger charge is -2.06. The van der Waals surface area contributed by atoms with Crippen LogP contribution >= 0.6 is 0 Å². The number of carbonyl (C=O) groups is 1. The monoisotopic (exact) mass is 184 g/mol. The van der Waals surface area contributed by atoms with Gasteiger partial charge in [-0.05, 0) is 6.42 Å². The first kappa shape index (κ1) is 12.1. The fraction of sp³-hybridized carbons (Fsp3) is 0.800. The molecule has 0 aliphatic carbocycles. The van der Waals surface area contributed by atoms with Gasteiger partial charge in [-0.15, -0.1) is 0 Å². The van der Waals surface area contributed by atoms with Crippen LogP contribution in [0.2, 0.25) is 0 Å². The minimum atomic E-state index is -0.568. The lowest BCUT2D eigenvalue weighted by molar-refractivity contribution is -0.122. The summed E-state index contributed by atoms with van der Waals surface area (Å²) in [5.74, 6) is -0.784. The zero-order valence-electron chi connectivity index (χ0n) is 8.43. The summed E-state index contributed by atoms with van der Waals surface area (Å²) in [6.07, 6.45) is 6.74. The summed E-state index contributed by atoms with van der Waals surface area (Å²) in [5, 5.41) is 2.46. The van der Waals surface area contributed by atoms with Gasteiger partial charge in [-0.2, -0.15) is 0 Å². The van der Waals surface area contributed by atoms with Crippen molar-refractivity contribution in [3.8, 4) is 0 Å². The lowest BCUT2D eigenvalue weighted by Crippen LogP contribution is -2.28. The summed E-state index contributed by atoms with van der Waals surface area (Å²) in [7, 11) is 1.54. The number of hydrogen-bond donors (Lipinski definition) is 1. The van der Waals surface area contributed by atoms with Gasteiger partial charge < -0.3 is 5.32 Å². The van der Waals surface area contributed by atoms with Crippen molar-refractivity contribution < 1.29 is 9.59 Å². The van der Waals surface area contributed by atoms with Crippen molar-refractivity contribution in [3.63, 3.8) is 0 Å². The van der Waals surface area contributed by atoms with E-state index in [1.807, 2.05) is 0 Å². The molecule has 0 saturated heterocycles. The summed E-state index contributed by atoms with van der Waals surface area (Å²) < 4.78 is 0. The third-order valence-corrected chi connectivity index (χ3v) is 2.05. The van der Waals surface area contributed by atoms with Gasteiger partial charge in [0.1, 0.15) is 5.92 Å². The summed E-state index contributed by atoms with van der Waals surface area (Å²) in [4.78, 5) is 21.4. The second-order valence-corrected chi connectivity index (χ2v) is 3.13. The Hall–Kier alpha value is -0.860. The van der Waals surface area contributed by atoms with Gasteiger partial charge in [-0.25, -0.2) is 0 Å². The van der Waals surface area contributed by atoms with Crippen LogP contribution < -0.4 is 5.32 Å². The molecule has 0 bridgehead atoms. The van der Waals surface area contributed by atoms with Crippen LogP contribution in [-0.4, -0.2) is 19.2 Å². The Bertz CT molecular complexity index is 157. The van der Waals surface area contributed by atoms with Crippen molar-refractivity contribution in [1.29, 1.82) is 0 Å². The summed E-state index contributed by atoms with van der Waals surface area (Å²) in [6, 6.07) is 0. The first-order valence-electron chi connectivity index (χ1n) is 4.85. The first-order valence-corrected chi connectivity index (χ1v) is 4.85. The molecule has 0 aliphatic rings. The molecule has 0 heterocycles. The van der Waals surface area contributed by atoms with E-state index >= 15 is 0 Å². The Labute approximate surface area is 79.9 Å². The number of amides is 1. The number of carbonyl (C=O) groups excluding carboxylic acids is 2. The Balaban J connectivity index is 3.60. The van der Waals surface area contributed by atoms with Gasteiger partial charge >= 0.3 is 0 Å². The van der Waals surface area contributed by atoms with Crippen LogP contribution in [0.4, 0.5) is 0 Å². The van der Waals surface area contributed by atoms with E-state index in [4.69, 9.17) is 0 Å². The van der Waals surface area contributed by atoms with Crippen LogP contribution in [-0.2, 0) is 9.59 Å². The van der Waals surface area contributed by atoms with Crippen molar-refractivity contribution in [1.82, 2.24) is 5.32 Å². The standard InChI is InChI=1S/C10H18NO2/c1-3-4-5-6-7-9(8-12)10(13)11-2/h9H,3-7H2,1-2H3,(H,11,13). The molecule has 0 saturated carbocycles. The highest BCUT2D eigenvalue weighted by Gasteiger charge is 2.15. The van der Waals surface area contributed by atoms with E-state index in [0.717, 1.165) is 19.3 Å². The maximum Gasteiger partial charge on any atom is 0.230 e. The average molecular weight is 184 g/mol. The Morgan fingerprint density at radius 1 is 1.38 bits per heavy atom. The quantitative estimate of drug-likeness (QED) is 0.480. The average Bonchev–Trinajstić information content (AvgIpc) is 2.17. The predicted octanol–water partition coefficient (Wildman–Crippen LogP) is 1.43. The molecule has 1 unspecified atom stereocenters. The molecule has 0 spiro atoms. The molecule has 0 aliphatic heterocycles. The zero-order chi connectivity index (χ0) is 10.1. The third kappa shape index (κ3) is 5.39. The molecular formula is C10H18NO2. The zero-order valence-corrected chi connectivity index (χ0v) is 8.43. The summed E-state index contributed by atoms with van der Waals surface area (Å²) in [6.45, 7) is 2.13. The number of nitrogens with one attached hydrogen (secondary N) is 1. The summed E-state index contributed by atoms with van der Waals surface area (Å²) in [5.41, 5.74) is 0. The molecule has 13 heavy (non-hydrogen) atoms. The van der Waals surface area contributed by atoms with Crippen LogP contribution in [0.25, 0.3) is 0 Å². The second kappa shape index (κ2) is 7.77. The van der Waals surface area contributed by atoms with E-state index in [9.17, 15) is 9.59 Å². The van der Waals surface area contributed by atoms with Crippen molar-refractivity contribution in [2.24, 2.45) is 5.92 Å². The topological polar surface area (TPSA) is 46.2 Å². The highest BCUT2D eigenvalue weighted by molar-refractivity contribution is 5.91. The van der Waals surface area contributed by atoms with E-state index < -0.39 is 5.92 Å². The molecule has 0 aromatic heterocycles. The van der Waals surface area contributed by atoms with Gasteiger partial charge in [0.25, 0.3) is 0 Å². The van der Waals surface area contributed by atoms with Gasteiger partial charge in [-0.1, -0.05) is 32.6 Å². The van der Waals surface area contributed by atoms with Crippen molar-refractivity contribution in [3.05, 3.63) is 0 Å². The van der Waals surface area contributed by atoms with Crippen LogP contribution in [0.3, 0.4) is 0 Å². The summed E-state index contributed by atoms with van der Waals surface area (Å²) >= 11 is 0. The SMILES string of the molecule is CCCCCCC([C]=O)C(=O)NC. The molecular weight excluding hydrogens is 166 g/mol. The Morgan fingerprint density at radius 3 is 2.54 bits per heavy atom. The Morgan fingerprint density at radius 2 is 2.08 bits per heavy atom. The van der Waals surface area contributed by atoms with E-state index in [2.05, 4.69) is 12.2 Å². The van der Waals surface area contributed by atoms with Gasteiger partial charge in [0.2, 0.25) is 12.2 Å². The van der Waals surface area contributed by atoms with E-state index in [1.165, 1.54) is 6.42 Å². The highest BCUT2D eigenvalue weighted by atomic mass is 16.2. The molecule has 1 atom stereocenters. The van der Waals surface area contributed by atoms with Crippen LogP contribution in [0.5, 0.6) is 0 Å². The number of hydrogen-bond acceptors (Lipinski definition) is 2. The van der Waals surface area contributed by atoms with Crippen LogP contribution in [0, 0.1) is 5.92 Å². The van der Waals surface area contributed by atoms with Crippen LogP contribution in [0.15, 0.2) is 0 Å². The molecule has 3 nitrogen and oxygen atoms in total. The van der Waals surface area contributed by atoms with Gasteiger partial charge in [0.05, 0.1) is 0 Å². The Kier molecular flexibility index (Phi) is 7.26. The molecule has 75 valence electrons. The molecule has 3 heteroatoms. The van der Waals surface area contributed by atoms with Crippen molar-refractivity contribution in [2.45, 2.75) is 39.0 Å². The predicted molar refractivity (Wildman–Crippen MR) is 52.0 cm³/mol. The van der Waals surface area contributed by atoms with Crippen molar-refractivity contribution >= 4 is 12.2 Å². The molecule has 0 fully saturated rings. The fourth-order valence-electron chi connectivity index (χ4n) is 1.19. The fourth-order valence-corrected chi connectivity index (χ4v) is 1.19. The van der Waals surface area contributed by atoms with E-state index in [-0.39, 0.29) is 5.91 Å². The maximum atomic E-state index is 11.0. The smallest absolute Gasteiger partial charge is 0.230 e. The normalized spacial score (nSPS) is 12.2. The molecule has 1 amide bonds. The van der Waals surface area contributed by atoms with E-state index in [1.54, 1.807) is 13.3 Å². The van der Waals surface area contributed by atoms with E-state index in [0.29, 0.717) is 6.42 Å². The number of unbranched alkanes of at least 4 members (excludes halogenated alkanes) is 3. The van der Waals surface area contributed by atoms with Gasteiger partial charge in [0.15, 0.2) is 0 Å². The molecule has 0 aromatic carbocycles. The first-order chi connectivity index (χ1) is 6.26.